The van der Waals surface area contributed by atoms with Crippen LogP contribution in [0.25, 0.3) is 0 Å². The zero-order valence-corrected chi connectivity index (χ0v) is 13.4. The summed E-state index contributed by atoms with van der Waals surface area (Å²) in [6, 6.07) is 12.6. The average Bonchev–Trinajstić information content (AvgIpc) is 2.44. The molecule has 104 valence electrons. The fraction of sp³-hybridized carbons (Fsp3) is 0.133. The lowest BCUT2D eigenvalue weighted by atomic mass is 10.2. The number of hydrogen-bond donors (Lipinski definition) is 2. The molecule has 0 saturated heterocycles. The summed E-state index contributed by atoms with van der Waals surface area (Å²) >= 11 is 7.60. The molecule has 0 heterocycles. The average molecular weight is 352 g/mol. The van der Waals surface area contributed by atoms with Crippen molar-refractivity contribution in [3.63, 3.8) is 0 Å². The summed E-state index contributed by atoms with van der Waals surface area (Å²) in [7, 11) is 0. The van der Waals surface area contributed by atoms with Crippen molar-refractivity contribution in [2.24, 2.45) is 0 Å². The van der Waals surface area contributed by atoms with Gasteiger partial charge in [-0.15, -0.1) is 12.6 Å². The van der Waals surface area contributed by atoms with Crippen LogP contribution in [0.2, 0.25) is 0 Å². The summed E-state index contributed by atoms with van der Waals surface area (Å²) in [5.41, 5.74) is 1.27. The maximum absolute atomic E-state index is 12.2. The van der Waals surface area contributed by atoms with Crippen molar-refractivity contribution in [1.29, 1.82) is 0 Å². The van der Waals surface area contributed by atoms with Gasteiger partial charge in [-0.05, 0) is 65.3 Å². The maximum Gasteiger partial charge on any atom is 0.256 e. The molecule has 1 N–H and O–H groups in total. The van der Waals surface area contributed by atoms with Crippen LogP contribution in [0.15, 0.2) is 51.8 Å². The van der Waals surface area contributed by atoms with Gasteiger partial charge in [0.15, 0.2) is 0 Å². The highest BCUT2D eigenvalue weighted by molar-refractivity contribution is 9.10. The third-order valence-electron chi connectivity index (χ3n) is 2.62. The summed E-state index contributed by atoms with van der Waals surface area (Å²) < 4.78 is 6.09. The van der Waals surface area contributed by atoms with E-state index in [-0.39, 0.29) is 5.91 Å². The fourth-order valence-electron chi connectivity index (χ4n) is 1.69. The molecule has 0 atom stereocenters. The molecule has 0 aromatic heterocycles. The third kappa shape index (κ3) is 3.77. The highest BCUT2D eigenvalue weighted by atomic mass is 79.9. The summed E-state index contributed by atoms with van der Waals surface area (Å²) in [6.45, 7) is 2.55. The minimum Gasteiger partial charge on any atom is -0.494 e. The summed E-state index contributed by atoms with van der Waals surface area (Å²) in [6.07, 6.45) is 0. The molecule has 0 aliphatic heterocycles. The number of carbonyl (C=O) groups excluding carboxylic acids is 1. The number of rotatable bonds is 4. The van der Waals surface area contributed by atoms with Crippen LogP contribution in [-0.4, -0.2) is 12.5 Å². The van der Waals surface area contributed by atoms with Gasteiger partial charge in [-0.2, -0.15) is 0 Å². The third-order valence-corrected chi connectivity index (χ3v) is 3.59. The second-order valence-corrected chi connectivity index (χ2v) is 5.45. The minimum atomic E-state index is -0.183. The van der Waals surface area contributed by atoms with Crippen LogP contribution in [-0.2, 0) is 0 Å². The lowest BCUT2D eigenvalue weighted by Gasteiger charge is -2.08. The Labute approximate surface area is 131 Å². The number of ether oxygens (including phenoxy) is 1. The zero-order valence-electron chi connectivity index (χ0n) is 10.9. The van der Waals surface area contributed by atoms with E-state index in [0.717, 1.165) is 20.8 Å². The van der Waals surface area contributed by atoms with Crippen LogP contribution < -0.4 is 10.1 Å². The van der Waals surface area contributed by atoms with E-state index in [1.807, 2.05) is 25.1 Å². The SMILES string of the molecule is CCOc1ccc(NC(=O)c2cc(S)ccc2Br)cc1. The second kappa shape index (κ2) is 6.81. The Hall–Kier alpha value is -1.46. The normalized spacial score (nSPS) is 10.2. The number of hydrogen-bond acceptors (Lipinski definition) is 3. The van der Waals surface area contributed by atoms with Gasteiger partial charge < -0.3 is 10.1 Å². The molecule has 0 unspecified atom stereocenters. The van der Waals surface area contributed by atoms with E-state index in [0.29, 0.717) is 12.2 Å². The van der Waals surface area contributed by atoms with Crippen molar-refractivity contribution in [2.75, 3.05) is 11.9 Å². The first-order valence-electron chi connectivity index (χ1n) is 6.13. The molecule has 20 heavy (non-hydrogen) atoms. The van der Waals surface area contributed by atoms with Crippen molar-refractivity contribution >= 4 is 40.2 Å². The Kier molecular flexibility index (Phi) is 5.09. The van der Waals surface area contributed by atoms with Crippen molar-refractivity contribution in [2.45, 2.75) is 11.8 Å². The van der Waals surface area contributed by atoms with Gasteiger partial charge in [0.25, 0.3) is 5.91 Å². The molecule has 2 rings (SSSR count). The number of carbonyl (C=O) groups is 1. The molecule has 3 nitrogen and oxygen atoms in total. The molecule has 5 heteroatoms. The van der Waals surface area contributed by atoms with Gasteiger partial charge in [0.05, 0.1) is 12.2 Å². The molecule has 0 saturated carbocycles. The van der Waals surface area contributed by atoms with E-state index in [1.165, 1.54) is 0 Å². The van der Waals surface area contributed by atoms with E-state index in [4.69, 9.17) is 4.74 Å². The zero-order chi connectivity index (χ0) is 14.5. The summed E-state index contributed by atoms with van der Waals surface area (Å²) in [5.74, 6) is 0.598. The van der Waals surface area contributed by atoms with Crippen LogP contribution in [0, 0.1) is 0 Å². The highest BCUT2D eigenvalue weighted by Gasteiger charge is 2.10. The maximum atomic E-state index is 12.2. The Morgan fingerprint density at radius 3 is 2.60 bits per heavy atom. The van der Waals surface area contributed by atoms with Gasteiger partial charge in [0, 0.05) is 15.1 Å². The number of benzene rings is 2. The van der Waals surface area contributed by atoms with Crippen molar-refractivity contribution in [3.05, 3.63) is 52.5 Å². The number of anilines is 1. The van der Waals surface area contributed by atoms with E-state index in [2.05, 4.69) is 33.9 Å². The van der Waals surface area contributed by atoms with Crippen LogP contribution >= 0.6 is 28.6 Å². The fourth-order valence-corrected chi connectivity index (χ4v) is 2.32. The molecule has 1 amide bonds. The molecule has 0 spiro atoms. The Balaban J connectivity index is 2.13. The monoisotopic (exact) mass is 351 g/mol. The predicted molar refractivity (Wildman–Crippen MR) is 87.0 cm³/mol. The van der Waals surface area contributed by atoms with Gasteiger partial charge >= 0.3 is 0 Å². The lowest BCUT2D eigenvalue weighted by molar-refractivity contribution is 0.102. The Morgan fingerprint density at radius 1 is 1.25 bits per heavy atom. The van der Waals surface area contributed by atoms with Gasteiger partial charge in [-0.1, -0.05) is 0 Å². The molecule has 0 fully saturated rings. The molecule has 2 aromatic carbocycles. The molecular weight excluding hydrogens is 338 g/mol. The molecule has 2 aromatic rings. The van der Waals surface area contributed by atoms with Crippen molar-refractivity contribution in [1.82, 2.24) is 0 Å². The largest absolute Gasteiger partial charge is 0.494 e. The van der Waals surface area contributed by atoms with Crippen LogP contribution in [0.1, 0.15) is 17.3 Å². The lowest BCUT2D eigenvalue weighted by Crippen LogP contribution is -2.12. The Morgan fingerprint density at radius 2 is 1.95 bits per heavy atom. The van der Waals surface area contributed by atoms with Crippen LogP contribution in [0.5, 0.6) is 5.75 Å². The van der Waals surface area contributed by atoms with Crippen molar-refractivity contribution in [3.8, 4) is 5.75 Å². The summed E-state index contributed by atoms with van der Waals surface area (Å²) in [4.78, 5) is 12.9. The van der Waals surface area contributed by atoms with E-state index >= 15 is 0 Å². The number of thiol groups is 1. The first kappa shape index (κ1) is 14.9. The molecule has 0 bridgehead atoms. The van der Waals surface area contributed by atoms with E-state index in [1.54, 1.807) is 24.3 Å². The van der Waals surface area contributed by atoms with Crippen LogP contribution in [0.4, 0.5) is 5.69 Å². The van der Waals surface area contributed by atoms with Gasteiger partial charge in [0.1, 0.15) is 5.75 Å². The van der Waals surface area contributed by atoms with Crippen molar-refractivity contribution < 1.29 is 9.53 Å². The van der Waals surface area contributed by atoms with Crippen LogP contribution in [0.3, 0.4) is 0 Å². The summed E-state index contributed by atoms with van der Waals surface area (Å²) in [5, 5.41) is 2.84. The quantitative estimate of drug-likeness (QED) is 0.801. The number of amides is 1. The number of nitrogens with one attached hydrogen (secondary N) is 1. The highest BCUT2D eigenvalue weighted by Crippen LogP contribution is 2.22. The standard InChI is InChI=1S/C15H14BrNO2S/c1-2-19-11-5-3-10(4-6-11)17-15(18)13-9-12(20)7-8-14(13)16/h3-9,20H,2H2,1H3,(H,17,18). The van der Waals surface area contributed by atoms with Gasteiger partial charge in [-0.25, -0.2) is 0 Å². The molecule has 0 aliphatic carbocycles. The van der Waals surface area contributed by atoms with E-state index < -0.39 is 0 Å². The molecule has 0 aliphatic rings. The Bertz CT molecular complexity index is 614. The predicted octanol–water partition coefficient (Wildman–Crippen LogP) is 4.39. The number of halogens is 1. The van der Waals surface area contributed by atoms with Gasteiger partial charge in [-0.3, -0.25) is 4.79 Å². The first-order chi connectivity index (χ1) is 9.60. The second-order valence-electron chi connectivity index (χ2n) is 4.08. The minimum absolute atomic E-state index is 0.183. The first-order valence-corrected chi connectivity index (χ1v) is 7.37. The topological polar surface area (TPSA) is 38.3 Å². The van der Waals surface area contributed by atoms with Gasteiger partial charge in [0.2, 0.25) is 0 Å². The molecule has 0 radical (unpaired) electrons. The molecular formula is C15H14BrNO2S. The van der Waals surface area contributed by atoms with E-state index in [9.17, 15) is 4.79 Å². The smallest absolute Gasteiger partial charge is 0.256 e.